The minimum absolute atomic E-state index is 0.131. The van der Waals surface area contributed by atoms with Crippen molar-refractivity contribution in [3.8, 4) is 0 Å². The van der Waals surface area contributed by atoms with E-state index < -0.39 is 0 Å². The van der Waals surface area contributed by atoms with Gasteiger partial charge in [-0.1, -0.05) is 24.0 Å². The average Bonchev–Trinajstić information content (AvgIpc) is 2.45. The molecule has 0 radical (unpaired) electrons. The average molecular weight is 245 g/mol. The van der Waals surface area contributed by atoms with Crippen molar-refractivity contribution in [1.29, 1.82) is 0 Å². The molecule has 0 saturated carbocycles. The Morgan fingerprint density at radius 1 is 1.60 bits per heavy atom. The van der Waals surface area contributed by atoms with Crippen molar-refractivity contribution in [1.82, 2.24) is 5.32 Å². The van der Waals surface area contributed by atoms with E-state index >= 15 is 0 Å². The second kappa shape index (κ2) is 5.27. The number of carbonyl (C=O) groups excluding carboxylic acids is 2. The quantitative estimate of drug-likeness (QED) is 0.462. The van der Waals surface area contributed by atoms with Gasteiger partial charge in [0.25, 0.3) is 5.91 Å². The summed E-state index contributed by atoms with van der Waals surface area (Å²) in [6, 6.07) is 0. The van der Waals surface area contributed by atoms with Crippen LogP contribution in [-0.4, -0.2) is 22.8 Å². The lowest BCUT2D eigenvalue weighted by Crippen LogP contribution is -2.18. The SMILES string of the molecule is CCOC(=O)CC(C)=C1SC(=S)NC1=O. The van der Waals surface area contributed by atoms with Gasteiger partial charge in [-0.05, 0) is 19.4 Å². The summed E-state index contributed by atoms with van der Waals surface area (Å²) >= 11 is 6.02. The zero-order valence-corrected chi connectivity index (χ0v) is 10.1. The van der Waals surface area contributed by atoms with Crippen molar-refractivity contribution in [3.05, 3.63) is 10.5 Å². The summed E-state index contributed by atoms with van der Waals surface area (Å²) in [7, 11) is 0. The first-order valence-electron chi connectivity index (χ1n) is 4.43. The van der Waals surface area contributed by atoms with Crippen LogP contribution < -0.4 is 5.32 Å². The van der Waals surface area contributed by atoms with E-state index in [0.717, 1.165) is 0 Å². The van der Waals surface area contributed by atoms with Gasteiger partial charge in [-0.2, -0.15) is 0 Å². The van der Waals surface area contributed by atoms with Crippen LogP contribution in [0.5, 0.6) is 0 Å². The molecule has 1 N–H and O–H groups in total. The van der Waals surface area contributed by atoms with E-state index in [0.29, 0.717) is 21.4 Å². The lowest BCUT2D eigenvalue weighted by molar-refractivity contribution is -0.142. The summed E-state index contributed by atoms with van der Waals surface area (Å²) in [5.74, 6) is -0.555. The molecule has 1 aliphatic rings. The van der Waals surface area contributed by atoms with Crippen LogP contribution in [0.3, 0.4) is 0 Å². The number of hydrogen-bond donors (Lipinski definition) is 1. The zero-order valence-electron chi connectivity index (χ0n) is 8.46. The van der Waals surface area contributed by atoms with E-state index in [1.54, 1.807) is 13.8 Å². The molecule has 0 aliphatic carbocycles. The molecule has 6 heteroatoms. The summed E-state index contributed by atoms with van der Waals surface area (Å²) in [6.45, 7) is 3.82. The van der Waals surface area contributed by atoms with E-state index in [4.69, 9.17) is 17.0 Å². The Hall–Kier alpha value is -0.880. The first-order valence-corrected chi connectivity index (χ1v) is 5.65. The maximum absolute atomic E-state index is 11.3. The third-order valence-electron chi connectivity index (χ3n) is 1.72. The van der Waals surface area contributed by atoms with Gasteiger partial charge in [-0.25, -0.2) is 0 Å². The minimum atomic E-state index is -0.325. The number of hydrogen-bond acceptors (Lipinski definition) is 5. The van der Waals surface area contributed by atoms with Gasteiger partial charge >= 0.3 is 5.97 Å². The van der Waals surface area contributed by atoms with Crippen LogP contribution in [0.25, 0.3) is 0 Å². The zero-order chi connectivity index (χ0) is 11.4. The molecule has 1 amide bonds. The van der Waals surface area contributed by atoms with Gasteiger partial charge in [0.2, 0.25) is 0 Å². The minimum Gasteiger partial charge on any atom is -0.466 e. The molecule has 0 aromatic rings. The van der Waals surface area contributed by atoms with Crippen LogP contribution in [0.1, 0.15) is 20.3 Å². The lowest BCUT2D eigenvalue weighted by Gasteiger charge is -2.03. The van der Waals surface area contributed by atoms with E-state index in [9.17, 15) is 9.59 Å². The fraction of sp³-hybridized carbons (Fsp3) is 0.444. The van der Waals surface area contributed by atoms with Crippen LogP contribution in [-0.2, 0) is 14.3 Å². The summed E-state index contributed by atoms with van der Waals surface area (Å²) in [4.78, 5) is 23.0. The molecule has 1 aliphatic heterocycles. The molecule has 0 aromatic carbocycles. The van der Waals surface area contributed by atoms with Gasteiger partial charge in [0, 0.05) is 0 Å². The Morgan fingerprint density at radius 2 is 2.27 bits per heavy atom. The molecule has 15 heavy (non-hydrogen) atoms. The fourth-order valence-electron chi connectivity index (χ4n) is 1.10. The standard InChI is InChI=1S/C9H11NO3S2/c1-3-13-6(11)4-5(2)7-8(12)10-9(14)15-7/h3-4H2,1-2H3,(H,10,12,14). The highest BCUT2D eigenvalue weighted by atomic mass is 32.2. The number of thiocarbonyl (C=S) groups is 1. The maximum Gasteiger partial charge on any atom is 0.309 e. The van der Waals surface area contributed by atoms with Crippen LogP contribution in [0.4, 0.5) is 0 Å². The van der Waals surface area contributed by atoms with Gasteiger partial charge in [0.15, 0.2) is 0 Å². The number of ether oxygens (including phenoxy) is 1. The summed E-state index contributed by atoms with van der Waals surface area (Å²) in [5, 5.41) is 2.50. The molecular weight excluding hydrogens is 234 g/mol. The molecule has 0 spiro atoms. The highest BCUT2D eigenvalue weighted by Gasteiger charge is 2.25. The lowest BCUT2D eigenvalue weighted by atomic mass is 10.2. The van der Waals surface area contributed by atoms with Crippen LogP contribution in [0, 0.1) is 0 Å². The smallest absolute Gasteiger partial charge is 0.309 e. The van der Waals surface area contributed by atoms with E-state index in [2.05, 4.69) is 5.32 Å². The van der Waals surface area contributed by atoms with Crippen molar-refractivity contribution in [3.63, 3.8) is 0 Å². The van der Waals surface area contributed by atoms with Crippen LogP contribution in [0.15, 0.2) is 10.5 Å². The number of nitrogens with one attached hydrogen (secondary N) is 1. The van der Waals surface area contributed by atoms with Gasteiger partial charge in [-0.15, -0.1) is 0 Å². The molecule has 4 nitrogen and oxygen atoms in total. The Bertz CT molecular complexity index is 349. The van der Waals surface area contributed by atoms with E-state index in [-0.39, 0.29) is 18.3 Å². The van der Waals surface area contributed by atoms with Gasteiger partial charge in [0.05, 0.1) is 17.9 Å². The second-order valence-corrected chi connectivity index (χ2v) is 4.62. The largest absolute Gasteiger partial charge is 0.466 e. The number of thioether (sulfide) groups is 1. The maximum atomic E-state index is 11.3. The highest BCUT2D eigenvalue weighted by Crippen LogP contribution is 2.28. The molecule has 82 valence electrons. The van der Waals surface area contributed by atoms with Crippen molar-refractivity contribution >= 4 is 40.2 Å². The predicted octanol–water partition coefficient (Wildman–Crippen LogP) is 1.36. The predicted molar refractivity (Wildman–Crippen MR) is 62.3 cm³/mol. The monoisotopic (exact) mass is 245 g/mol. The van der Waals surface area contributed by atoms with Crippen LogP contribution >= 0.6 is 24.0 Å². The van der Waals surface area contributed by atoms with Crippen molar-refractivity contribution in [2.75, 3.05) is 6.61 Å². The van der Waals surface area contributed by atoms with Gasteiger partial charge in [0.1, 0.15) is 4.32 Å². The fourth-order valence-corrected chi connectivity index (χ4v) is 2.17. The third kappa shape index (κ3) is 3.32. The topological polar surface area (TPSA) is 55.4 Å². The Kier molecular flexibility index (Phi) is 4.28. The molecular formula is C9H11NO3S2. The normalized spacial score (nSPS) is 18.8. The molecule has 1 fully saturated rings. The van der Waals surface area contributed by atoms with Gasteiger partial charge in [-0.3, -0.25) is 9.59 Å². The van der Waals surface area contributed by atoms with Crippen LogP contribution in [0.2, 0.25) is 0 Å². The summed E-state index contributed by atoms with van der Waals surface area (Å²) < 4.78 is 5.22. The van der Waals surface area contributed by atoms with Crippen molar-refractivity contribution < 1.29 is 14.3 Å². The van der Waals surface area contributed by atoms with Crippen molar-refractivity contribution in [2.24, 2.45) is 0 Å². The number of carbonyl (C=O) groups is 2. The molecule has 1 rings (SSSR count). The van der Waals surface area contributed by atoms with E-state index in [1.165, 1.54) is 11.8 Å². The van der Waals surface area contributed by atoms with Crippen molar-refractivity contribution in [2.45, 2.75) is 20.3 Å². The second-order valence-electron chi connectivity index (χ2n) is 2.93. The number of esters is 1. The summed E-state index contributed by atoms with van der Waals surface area (Å²) in [6.07, 6.45) is 0.131. The van der Waals surface area contributed by atoms with E-state index in [1.807, 2.05) is 0 Å². The third-order valence-corrected chi connectivity index (χ3v) is 3.10. The Morgan fingerprint density at radius 3 is 2.73 bits per heavy atom. The first kappa shape index (κ1) is 12.2. The summed E-state index contributed by atoms with van der Waals surface area (Å²) in [5.41, 5.74) is 0.691. The first-order chi connectivity index (χ1) is 7.04. The number of rotatable bonds is 3. The molecule has 1 saturated heterocycles. The Labute approximate surface area is 97.4 Å². The molecule has 1 heterocycles. The molecule has 0 bridgehead atoms. The number of amides is 1. The molecule has 0 aromatic heterocycles. The Balaban J connectivity index is 2.69. The van der Waals surface area contributed by atoms with Gasteiger partial charge < -0.3 is 10.1 Å². The molecule has 0 unspecified atom stereocenters. The molecule has 0 atom stereocenters. The highest BCUT2D eigenvalue weighted by molar-refractivity contribution is 8.26.